The summed E-state index contributed by atoms with van der Waals surface area (Å²) in [5.74, 6) is 0.757. The smallest absolute Gasteiger partial charge is 0.252 e. The first-order chi connectivity index (χ1) is 16.0. The standard InChI is InChI=1S/C29H34N2O2/c1-4-7-21-16-22-8-5-6-9-25(22)27(17-21)29(13-14-29)30-28(32)26-18-24(11-10-20(26)2)33-19-23-12-15-31(23)3/h5-6,8-11,16-18,23H,4,7,12-15,19H2,1-3H3,(H,30,32). The van der Waals surface area contributed by atoms with Crippen LogP contribution in [0.3, 0.4) is 0 Å². The fourth-order valence-corrected chi connectivity index (χ4v) is 4.98. The van der Waals surface area contributed by atoms with Crippen molar-refractivity contribution in [2.24, 2.45) is 0 Å². The molecule has 1 atom stereocenters. The Morgan fingerprint density at radius 1 is 1.15 bits per heavy atom. The minimum absolute atomic E-state index is 0.0128. The molecule has 3 aromatic carbocycles. The number of hydrogen-bond acceptors (Lipinski definition) is 3. The zero-order valence-electron chi connectivity index (χ0n) is 20.0. The van der Waals surface area contributed by atoms with Gasteiger partial charge >= 0.3 is 0 Å². The summed E-state index contributed by atoms with van der Waals surface area (Å²) in [7, 11) is 2.12. The molecule has 0 bridgehead atoms. The Labute approximate surface area is 196 Å². The van der Waals surface area contributed by atoms with E-state index in [9.17, 15) is 4.79 Å². The Hall–Kier alpha value is -2.85. The van der Waals surface area contributed by atoms with Crippen molar-refractivity contribution in [1.29, 1.82) is 0 Å². The number of nitrogens with one attached hydrogen (secondary N) is 1. The van der Waals surface area contributed by atoms with Crippen molar-refractivity contribution in [2.75, 3.05) is 20.2 Å². The van der Waals surface area contributed by atoms with Crippen LogP contribution in [0.15, 0.2) is 54.6 Å². The van der Waals surface area contributed by atoms with Crippen molar-refractivity contribution in [2.45, 2.75) is 57.5 Å². The molecule has 1 aliphatic heterocycles. The fourth-order valence-electron chi connectivity index (χ4n) is 4.98. The second-order valence-corrected chi connectivity index (χ2v) is 9.86. The highest BCUT2D eigenvalue weighted by Gasteiger charge is 2.47. The van der Waals surface area contributed by atoms with E-state index in [1.165, 1.54) is 28.3 Å². The van der Waals surface area contributed by atoms with Gasteiger partial charge in [0.2, 0.25) is 0 Å². The number of nitrogens with zero attached hydrogens (tertiary/aromatic N) is 1. The van der Waals surface area contributed by atoms with E-state index in [2.05, 4.69) is 60.6 Å². The van der Waals surface area contributed by atoms with Crippen molar-refractivity contribution in [3.05, 3.63) is 76.9 Å². The lowest BCUT2D eigenvalue weighted by Gasteiger charge is -2.37. The van der Waals surface area contributed by atoms with Crippen molar-refractivity contribution in [1.82, 2.24) is 10.2 Å². The normalized spacial score (nSPS) is 19.2. The molecule has 4 heteroatoms. The second kappa shape index (κ2) is 8.83. The molecule has 33 heavy (non-hydrogen) atoms. The first kappa shape index (κ1) is 22.0. The van der Waals surface area contributed by atoms with Crippen LogP contribution in [0.2, 0.25) is 0 Å². The first-order valence-corrected chi connectivity index (χ1v) is 12.3. The summed E-state index contributed by atoms with van der Waals surface area (Å²) >= 11 is 0. The van der Waals surface area contributed by atoms with Gasteiger partial charge in [-0.15, -0.1) is 0 Å². The molecule has 5 rings (SSSR count). The maximum atomic E-state index is 13.5. The number of ether oxygens (including phenoxy) is 1. The molecule has 3 aromatic rings. The quantitative estimate of drug-likeness (QED) is 0.494. The summed E-state index contributed by atoms with van der Waals surface area (Å²) in [6, 6.07) is 19.5. The van der Waals surface area contributed by atoms with Crippen LogP contribution in [0, 0.1) is 6.92 Å². The average molecular weight is 443 g/mol. The van der Waals surface area contributed by atoms with Gasteiger partial charge in [0.1, 0.15) is 12.4 Å². The van der Waals surface area contributed by atoms with Gasteiger partial charge in [0.05, 0.1) is 5.54 Å². The van der Waals surface area contributed by atoms with E-state index in [1.807, 2.05) is 25.1 Å². The Balaban J connectivity index is 1.39. The minimum atomic E-state index is -0.279. The number of hydrogen-bond donors (Lipinski definition) is 1. The monoisotopic (exact) mass is 442 g/mol. The molecule has 2 aliphatic rings. The van der Waals surface area contributed by atoms with Crippen LogP contribution >= 0.6 is 0 Å². The number of fused-ring (bicyclic) bond motifs is 1. The van der Waals surface area contributed by atoms with Crippen LogP contribution in [0.25, 0.3) is 10.8 Å². The van der Waals surface area contributed by atoms with E-state index in [4.69, 9.17) is 4.74 Å². The van der Waals surface area contributed by atoms with Gasteiger partial charge in [-0.05, 0) is 85.8 Å². The topological polar surface area (TPSA) is 41.6 Å². The van der Waals surface area contributed by atoms with Gasteiger partial charge in [-0.3, -0.25) is 9.69 Å². The average Bonchev–Trinajstić information content (AvgIpc) is 3.59. The van der Waals surface area contributed by atoms with E-state index < -0.39 is 0 Å². The highest BCUT2D eigenvalue weighted by atomic mass is 16.5. The van der Waals surface area contributed by atoms with Gasteiger partial charge in [0.25, 0.3) is 5.91 Å². The highest BCUT2D eigenvalue weighted by Crippen LogP contribution is 2.48. The zero-order chi connectivity index (χ0) is 23.0. The van der Waals surface area contributed by atoms with Crippen molar-refractivity contribution >= 4 is 16.7 Å². The molecule has 1 saturated carbocycles. The molecule has 1 aliphatic carbocycles. The molecule has 1 N–H and O–H groups in total. The summed E-state index contributed by atoms with van der Waals surface area (Å²) in [5.41, 5.74) is 4.00. The molecule has 1 amide bonds. The predicted molar refractivity (Wildman–Crippen MR) is 134 cm³/mol. The number of rotatable bonds is 8. The lowest BCUT2D eigenvalue weighted by Crippen LogP contribution is -2.48. The van der Waals surface area contributed by atoms with Gasteiger partial charge in [-0.25, -0.2) is 0 Å². The largest absolute Gasteiger partial charge is 0.492 e. The molecule has 1 unspecified atom stereocenters. The van der Waals surface area contributed by atoms with E-state index in [0.717, 1.165) is 43.5 Å². The van der Waals surface area contributed by atoms with Gasteiger partial charge in [0.15, 0.2) is 0 Å². The van der Waals surface area contributed by atoms with Crippen LogP contribution in [0.5, 0.6) is 5.75 Å². The summed E-state index contributed by atoms with van der Waals surface area (Å²) in [5, 5.41) is 5.92. The summed E-state index contributed by atoms with van der Waals surface area (Å²) in [6.45, 7) is 6.01. The lowest BCUT2D eigenvalue weighted by molar-refractivity contribution is 0.0767. The molecule has 0 spiro atoms. The van der Waals surface area contributed by atoms with E-state index in [1.54, 1.807) is 0 Å². The number of amides is 1. The van der Waals surface area contributed by atoms with Crippen molar-refractivity contribution in [3.63, 3.8) is 0 Å². The molecule has 1 heterocycles. The SMILES string of the molecule is CCCc1cc(C2(NC(=O)c3cc(OCC4CCN4C)ccc3C)CC2)c2ccccc2c1. The number of aryl methyl sites for hydroxylation is 2. The molecule has 2 fully saturated rings. The van der Waals surface area contributed by atoms with Gasteiger partial charge < -0.3 is 10.1 Å². The number of likely N-dealkylation sites (N-methyl/N-ethyl adjacent to an activating group) is 1. The Bertz CT molecular complexity index is 1180. The third kappa shape index (κ3) is 4.37. The number of carbonyl (C=O) groups excluding carboxylic acids is 1. The molecule has 0 aromatic heterocycles. The Morgan fingerprint density at radius 2 is 1.97 bits per heavy atom. The number of benzene rings is 3. The minimum Gasteiger partial charge on any atom is -0.492 e. The van der Waals surface area contributed by atoms with Crippen LogP contribution in [0.1, 0.15) is 59.7 Å². The fraction of sp³-hybridized carbons (Fsp3) is 0.414. The molecule has 0 radical (unpaired) electrons. The second-order valence-electron chi connectivity index (χ2n) is 9.86. The molecule has 1 saturated heterocycles. The Morgan fingerprint density at radius 3 is 2.67 bits per heavy atom. The lowest BCUT2D eigenvalue weighted by atomic mass is 9.92. The molecule has 172 valence electrons. The number of likely N-dealkylation sites (tertiary alicyclic amines) is 1. The van der Waals surface area contributed by atoms with Crippen LogP contribution in [0.4, 0.5) is 0 Å². The third-order valence-electron chi connectivity index (χ3n) is 7.41. The van der Waals surface area contributed by atoms with Crippen LogP contribution in [-0.4, -0.2) is 37.0 Å². The van der Waals surface area contributed by atoms with Crippen LogP contribution < -0.4 is 10.1 Å². The van der Waals surface area contributed by atoms with E-state index in [0.29, 0.717) is 18.2 Å². The highest BCUT2D eigenvalue weighted by molar-refractivity contribution is 5.97. The van der Waals surface area contributed by atoms with Gasteiger partial charge in [0, 0.05) is 11.6 Å². The van der Waals surface area contributed by atoms with Crippen LogP contribution in [-0.2, 0) is 12.0 Å². The summed E-state index contributed by atoms with van der Waals surface area (Å²) < 4.78 is 6.04. The maximum Gasteiger partial charge on any atom is 0.252 e. The summed E-state index contributed by atoms with van der Waals surface area (Å²) in [6.07, 6.45) is 5.28. The zero-order valence-corrected chi connectivity index (χ0v) is 20.0. The Kier molecular flexibility index (Phi) is 5.88. The molecule has 4 nitrogen and oxygen atoms in total. The molecular weight excluding hydrogens is 408 g/mol. The van der Waals surface area contributed by atoms with Gasteiger partial charge in [-0.2, -0.15) is 0 Å². The number of carbonyl (C=O) groups is 1. The third-order valence-corrected chi connectivity index (χ3v) is 7.41. The predicted octanol–water partition coefficient (Wildman–Crippen LogP) is 5.60. The van der Waals surface area contributed by atoms with Crippen molar-refractivity contribution in [3.8, 4) is 5.75 Å². The molecular formula is C29H34N2O2. The van der Waals surface area contributed by atoms with E-state index >= 15 is 0 Å². The van der Waals surface area contributed by atoms with Crippen molar-refractivity contribution < 1.29 is 9.53 Å². The summed E-state index contributed by atoms with van der Waals surface area (Å²) in [4.78, 5) is 15.8. The first-order valence-electron chi connectivity index (χ1n) is 12.3. The van der Waals surface area contributed by atoms with E-state index in [-0.39, 0.29) is 11.4 Å². The van der Waals surface area contributed by atoms with Gasteiger partial charge in [-0.1, -0.05) is 55.8 Å². The maximum absolute atomic E-state index is 13.5.